The first kappa shape index (κ1) is 73.6. The molecule has 0 atom stereocenters. The summed E-state index contributed by atoms with van der Waals surface area (Å²) in [6.45, 7) is 28.8. The number of hydrogen-bond acceptors (Lipinski definition) is 22. The van der Waals surface area contributed by atoms with Crippen LogP contribution in [0.15, 0.2) is 52.8 Å². The van der Waals surface area contributed by atoms with Crippen LogP contribution in [0, 0.1) is 8.99 Å². The lowest BCUT2D eigenvalue weighted by molar-refractivity contribution is -0.155. The molecule has 0 unspecified atom stereocenters. The van der Waals surface area contributed by atoms with E-state index in [-0.39, 0.29) is 77.2 Å². The molecule has 4 amide bonds. The molecule has 30 heteroatoms. The smallest absolute Gasteiger partial charge is 0.414 e. The Morgan fingerprint density at radius 2 is 0.761 bits per heavy atom. The molecule has 1 aromatic carbocycles. The number of benzene rings is 1. The predicted molar refractivity (Wildman–Crippen MR) is 331 cm³/mol. The number of halogens is 1. The summed E-state index contributed by atoms with van der Waals surface area (Å²) in [4.78, 5) is 71.4. The molecule has 88 heavy (non-hydrogen) atoms. The maximum Gasteiger partial charge on any atom is 0.414 e. The number of guanidine groups is 2. The first-order valence-corrected chi connectivity index (χ1v) is 30.2. The van der Waals surface area contributed by atoms with Crippen molar-refractivity contribution in [3.05, 3.63) is 69.1 Å². The van der Waals surface area contributed by atoms with Gasteiger partial charge >= 0.3 is 30.3 Å². The first-order chi connectivity index (χ1) is 41.1. The van der Waals surface area contributed by atoms with Crippen molar-refractivity contribution in [1.29, 1.82) is 0 Å². The summed E-state index contributed by atoms with van der Waals surface area (Å²) in [5.41, 5.74) is -1.98. The van der Waals surface area contributed by atoms with Crippen molar-refractivity contribution in [2.24, 2.45) is 15.4 Å². The normalized spacial score (nSPS) is 12.2. The molecule has 0 aliphatic heterocycles. The number of unbranched alkanes of at least 4 members (excludes halogenated alkanes) is 1. The van der Waals surface area contributed by atoms with Gasteiger partial charge in [-0.3, -0.25) is 50.1 Å². The van der Waals surface area contributed by atoms with Crippen LogP contribution >= 0.6 is 22.6 Å². The number of ether oxygens (including phenoxy) is 9. The van der Waals surface area contributed by atoms with Crippen LogP contribution in [0.4, 0.5) is 19.2 Å². The summed E-state index contributed by atoms with van der Waals surface area (Å²) in [6.07, 6.45) is 4.65. The van der Waals surface area contributed by atoms with E-state index in [1.54, 1.807) is 110 Å². The van der Waals surface area contributed by atoms with Crippen LogP contribution in [0.2, 0.25) is 0 Å². The van der Waals surface area contributed by atoms with Crippen molar-refractivity contribution >= 4 is 64.9 Å². The molecule has 4 aromatic rings. The van der Waals surface area contributed by atoms with Crippen molar-refractivity contribution in [3.63, 3.8) is 0 Å². The minimum atomic E-state index is -0.917. The van der Waals surface area contributed by atoms with Crippen LogP contribution in [0.1, 0.15) is 159 Å². The number of carbonyl (C=O) groups excluding carboxylic acids is 5. The highest BCUT2D eigenvalue weighted by Gasteiger charge is 2.34. The molecule has 0 fully saturated rings. The molecule has 3 heterocycles. The van der Waals surface area contributed by atoms with Gasteiger partial charge in [0.25, 0.3) is 0 Å². The summed E-state index contributed by atoms with van der Waals surface area (Å²) >= 11 is 2.26. The van der Waals surface area contributed by atoms with E-state index in [1.165, 1.54) is 0 Å². The Hall–Kier alpha value is -6.90. The zero-order valence-electron chi connectivity index (χ0n) is 53.8. The molecule has 0 radical (unpaired) electrons. The molecule has 0 saturated carbocycles. The lowest BCUT2D eigenvalue weighted by atomic mass is 9.92. The van der Waals surface area contributed by atoms with E-state index in [9.17, 15) is 24.0 Å². The van der Waals surface area contributed by atoms with Crippen molar-refractivity contribution in [3.8, 4) is 0 Å². The second-order valence-electron chi connectivity index (χ2n) is 25.7. The van der Waals surface area contributed by atoms with Gasteiger partial charge in [0, 0.05) is 42.7 Å². The molecule has 29 nitrogen and oxygen atoms in total. The average molecular weight is 1350 g/mol. The Balaban J connectivity index is 1.48. The summed E-state index contributed by atoms with van der Waals surface area (Å²) in [6, 6.07) is 8.02. The van der Waals surface area contributed by atoms with Gasteiger partial charge in [0.15, 0.2) is 0 Å². The molecule has 0 bridgehead atoms. The SMILES string of the molecule is CC(C)(C)OC(=O)CCCCn1cc(COCC(COCc2ccc(I)cc2)(COCc2cn(CCCN=C(NC(=O)OC(C)(C)C)NC(=O)OC(C)(C)C)nn2)COCc2cn(CCCN=C(NC(=O)OC(C)(C)C)NC(=O)OC(C)(C)C)nn2)nn1. The Morgan fingerprint density at radius 1 is 0.443 bits per heavy atom. The molecule has 4 N–H and O–H groups in total. The van der Waals surface area contributed by atoms with Crippen molar-refractivity contribution < 1.29 is 66.6 Å². The van der Waals surface area contributed by atoms with Crippen LogP contribution in [-0.4, -0.2) is 155 Å². The van der Waals surface area contributed by atoms with Gasteiger partial charge in [-0.2, -0.15) is 0 Å². The van der Waals surface area contributed by atoms with Gasteiger partial charge in [-0.1, -0.05) is 27.8 Å². The molecule has 0 saturated heterocycles. The van der Waals surface area contributed by atoms with E-state index in [0.717, 1.165) is 9.13 Å². The number of esters is 1. The topological polar surface area (TPSA) is 333 Å². The largest absolute Gasteiger partial charge is 0.460 e. The standard InChI is InChI=1S/C58H92IN15O14/c1-53(2,3)84-46(75)20-16-17-27-72-30-43(66-69-72)34-81-38-58(37-80-33-41-21-23-42(59)24-22-41,39-82-35-44-31-73(70-67-44)28-18-25-60-47(62-49(76)85-54(4,5)6)63-50(77)86-55(7,8)9)40-83-36-45-32-74(71-68-45)29-19-26-61-48(64-51(78)87-56(10,11)12)65-52(79)88-57(13,14)15/h21-24,30-32H,16-20,25-29,33-40H2,1-15H3,(H2,60,62,63,76,77)(H2,61,64,65,78,79). The Labute approximate surface area is 529 Å². The molecule has 3 aromatic heterocycles. The zero-order valence-corrected chi connectivity index (χ0v) is 55.9. The number of aliphatic imine (C=N–C) groups is 2. The second kappa shape index (κ2) is 34.7. The van der Waals surface area contributed by atoms with Gasteiger partial charge in [0.1, 0.15) is 45.1 Å². The number of hydrogen-bond donors (Lipinski definition) is 4. The number of amides is 4. The van der Waals surface area contributed by atoms with Crippen molar-refractivity contribution in [2.75, 3.05) is 39.5 Å². The van der Waals surface area contributed by atoms with Crippen LogP contribution in [0.3, 0.4) is 0 Å². The fraction of sp³-hybridized carbons (Fsp3) is 0.672. The minimum Gasteiger partial charge on any atom is -0.460 e. The van der Waals surface area contributed by atoms with Gasteiger partial charge in [-0.15, -0.1) is 15.3 Å². The van der Waals surface area contributed by atoms with E-state index in [2.05, 4.69) is 84.8 Å². The van der Waals surface area contributed by atoms with Crippen molar-refractivity contribution in [2.45, 2.75) is 210 Å². The number of nitrogens with zero attached hydrogens (tertiary/aromatic N) is 11. The molecular formula is C58H92IN15O14. The molecule has 0 aliphatic rings. The van der Waals surface area contributed by atoms with Crippen LogP contribution in [0.25, 0.3) is 0 Å². The number of aryl methyl sites for hydroxylation is 3. The Morgan fingerprint density at radius 3 is 1.09 bits per heavy atom. The lowest BCUT2D eigenvalue weighted by Gasteiger charge is -2.32. The summed E-state index contributed by atoms with van der Waals surface area (Å²) in [7, 11) is 0. The van der Waals surface area contributed by atoms with Gasteiger partial charge in [0.2, 0.25) is 11.9 Å². The fourth-order valence-corrected chi connectivity index (χ4v) is 7.84. The lowest BCUT2D eigenvalue weighted by Crippen LogP contribution is -2.47. The van der Waals surface area contributed by atoms with Gasteiger partial charge in [-0.05, 0) is 170 Å². The highest BCUT2D eigenvalue weighted by Crippen LogP contribution is 2.24. The zero-order chi connectivity index (χ0) is 65.2. The van der Waals surface area contributed by atoms with E-state index >= 15 is 0 Å². The second-order valence-corrected chi connectivity index (χ2v) is 27.0. The van der Waals surface area contributed by atoms with E-state index in [0.29, 0.717) is 75.4 Å². The van der Waals surface area contributed by atoms with Gasteiger partial charge in [0.05, 0.1) is 76.9 Å². The Bertz CT molecular complexity index is 2690. The third-order valence-corrected chi connectivity index (χ3v) is 11.6. The molecule has 0 spiro atoms. The van der Waals surface area contributed by atoms with E-state index in [1.807, 2.05) is 51.2 Å². The Kier molecular flexibility index (Phi) is 29.0. The molecule has 490 valence electrons. The molecule has 4 rings (SSSR count). The maximum absolute atomic E-state index is 12.6. The molecule has 0 aliphatic carbocycles. The third-order valence-electron chi connectivity index (χ3n) is 10.9. The fourth-order valence-electron chi connectivity index (χ4n) is 7.48. The number of alkyl carbamates (subject to hydrolysis) is 4. The number of nitrogens with one attached hydrogen (secondary N) is 4. The first-order valence-electron chi connectivity index (χ1n) is 29.1. The number of rotatable bonds is 29. The van der Waals surface area contributed by atoms with E-state index in [4.69, 9.17) is 42.6 Å². The summed E-state index contributed by atoms with van der Waals surface area (Å²) < 4.78 is 58.7. The quantitative estimate of drug-likeness (QED) is 0.00991. The monoisotopic (exact) mass is 1350 g/mol. The number of aromatic nitrogens is 9. The maximum atomic E-state index is 12.6. The third kappa shape index (κ3) is 33.4. The number of carbonyl (C=O) groups is 5. The highest BCUT2D eigenvalue weighted by molar-refractivity contribution is 14.1. The van der Waals surface area contributed by atoms with Gasteiger partial charge < -0.3 is 42.6 Å². The van der Waals surface area contributed by atoms with Crippen LogP contribution in [0.5, 0.6) is 0 Å². The van der Waals surface area contributed by atoms with Crippen LogP contribution in [-0.2, 0) is 93.5 Å². The average Bonchev–Trinajstić information content (AvgIpc) is 4.35. The summed E-state index contributed by atoms with van der Waals surface area (Å²) in [5.74, 6) is -0.506. The van der Waals surface area contributed by atoms with E-state index < -0.39 is 57.8 Å². The highest BCUT2D eigenvalue weighted by atomic mass is 127. The minimum absolute atomic E-state index is 0.0665. The van der Waals surface area contributed by atoms with Crippen molar-refractivity contribution in [1.82, 2.24) is 66.2 Å². The predicted octanol–water partition coefficient (Wildman–Crippen LogP) is 8.32. The van der Waals surface area contributed by atoms with Gasteiger partial charge in [-0.25, -0.2) is 19.2 Å². The molecular weight excluding hydrogens is 1260 g/mol. The van der Waals surface area contributed by atoms with Crippen LogP contribution < -0.4 is 21.3 Å². The summed E-state index contributed by atoms with van der Waals surface area (Å²) in [5, 5.41) is 35.8.